The van der Waals surface area contributed by atoms with Crippen molar-refractivity contribution in [3.05, 3.63) is 22.8 Å². The molecule has 2 N–H and O–H groups in total. The molecule has 0 aromatic rings. The fourth-order valence-electron chi connectivity index (χ4n) is 2.58. The zero-order valence-corrected chi connectivity index (χ0v) is 12.7. The molecule has 0 atom stereocenters. The summed E-state index contributed by atoms with van der Waals surface area (Å²) >= 11 is 0. The lowest BCUT2D eigenvalue weighted by Crippen LogP contribution is -2.41. The van der Waals surface area contributed by atoms with Gasteiger partial charge in [-0.15, -0.1) is 0 Å². The van der Waals surface area contributed by atoms with E-state index in [0.29, 0.717) is 26.2 Å². The molecule has 0 amide bonds. The topological polar surface area (TPSA) is 87.1 Å². The van der Waals surface area contributed by atoms with Gasteiger partial charge in [0.25, 0.3) is 0 Å². The van der Waals surface area contributed by atoms with E-state index in [4.69, 9.17) is 0 Å². The molecular weight excluding hydrogens is 288 g/mol. The largest absolute Gasteiger partial charge is 0.363 e. The van der Waals surface area contributed by atoms with Crippen LogP contribution in [0.15, 0.2) is 22.8 Å². The molecule has 2 fully saturated rings. The Balaban J connectivity index is 2.12. The fourth-order valence-corrected chi connectivity index (χ4v) is 2.58. The average molecular weight is 308 g/mol. The average Bonchev–Trinajstić information content (AvgIpc) is 3.38. The third-order valence-corrected chi connectivity index (χ3v) is 3.95. The standard InChI is InChI=1S/C14H20N4O4/c1-3-17(21)11-9(15-5-6-15)14(20)12(18(22)4-2)10(13(11)19)16-7-8-16/h21-22H,3-8H2,1-2H3. The smallest absolute Gasteiger partial charge is 0.232 e. The molecule has 22 heavy (non-hydrogen) atoms. The van der Waals surface area contributed by atoms with Gasteiger partial charge in [-0.05, 0) is 13.8 Å². The number of carbonyl (C=O) groups is 2. The van der Waals surface area contributed by atoms with Gasteiger partial charge in [-0.1, -0.05) is 0 Å². The maximum absolute atomic E-state index is 12.9. The second kappa shape index (κ2) is 5.29. The summed E-state index contributed by atoms with van der Waals surface area (Å²) in [7, 11) is 0. The highest BCUT2D eigenvalue weighted by Gasteiger charge is 2.46. The van der Waals surface area contributed by atoms with Crippen LogP contribution in [0.1, 0.15) is 13.8 Å². The third-order valence-electron chi connectivity index (χ3n) is 3.95. The fraction of sp³-hybridized carbons (Fsp3) is 0.571. The van der Waals surface area contributed by atoms with Crippen molar-refractivity contribution in [2.45, 2.75) is 13.8 Å². The molecule has 3 aliphatic rings. The van der Waals surface area contributed by atoms with E-state index in [1.54, 1.807) is 23.6 Å². The van der Waals surface area contributed by atoms with E-state index >= 15 is 0 Å². The van der Waals surface area contributed by atoms with E-state index in [0.717, 1.165) is 10.1 Å². The molecule has 8 heteroatoms. The Hall–Kier alpha value is -2.06. The van der Waals surface area contributed by atoms with Crippen molar-refractivity contribution in [3.8, 4) is 0 Å². The number of carbonyl (C=O) groups excluding carboxylic acids is 2. The molecule has 0 bridgehead atoms. The molecule has 120 valence electrons. The maximum atomic E-state index is 12.9. The number of rotatable bonds is 6. The number of likely N-dealkylation sites (N-methyl/N-ethyl adjacent to an activating group) is 2. The van der Waals surface area contributed by atoms with Gasteiger partial charge in [-0.3, -0.25) is 30.1 Å². The summed E-state index contributed by atoms with van der Waals surface area (Å²) in [5.41, 5.74) is 0.394. The van der Waals surface area contributed by atoms with Crippen molar-refractivity contribution >= 4 is 11.6 Å². The van der Waals surface area contributed by atoms with Gasteiger partial charge in [0.05, 0.1) is 0 Å². The van der Waals surface area contributed by atoms with Crippen LogP contribution in [0.3, 0.4) is 0 Å². The van der Waals surface area contributed by atoms with Gasteiger partial charge in [-0.25, -0.2) is 0 Å². The van der Waals surface area contributed by atoms with E-state index in [1.165, 1.54) is 0 Å². The van der Waals surface area contributed by atoms with Gasteiger partial charge in [0, 0.05) is 39.3 Å². The van der Waals surface area contributed by atoms with Crippen molar-refractivity contribution in [2.24, 2.45) is 0 Å². The highest BCUT2D eigenvalue weighted by molar-refractivity contribution is 6.24. The number of Topliss-reactive ketones (excluding diaryl/α,β-unsaturated/α-hetero) is 2. The summed E-state index contributed by atoms with van der Waals surface area (Å²) in [6, 6.07) is 0. The zero-order chi connectivity index (χ0) is 16.0. The van der Waals surface area contributed by atoms with Crippen molar-refractivity contribution in [2.75, 3.05) is 39.3 Å². The molecule has 0 saturated carbocycles. The Morgan fingerprint density at radius 3 is 1.36 bits per heavy atom. The van der Waals surface area contributed by atoms with Gasteiger partial charge in [0.2, 0.25) is 11.6 Å². The summed E-state index contributed by atoms with van der Waals surface area (Å²) < 4.78 is 0. The van der Waals surface area contributed by atoms with E-state index in [1.807, 2.05) is 0 Å². The maximum Gasteiger partial charge on any atom is 0.232 e. The first-order valence-corrected chi connectivity index (χ1v) is 7.51. The molecule has 8 nitrogen and oxygen atoms in total. The first-order chi connectivity index (χ1) is 10.5. The Kier molecular flexibility index (Phi) is 3.57. The summed E-state index contributed by atoms with van der Waals surface area (Å²) in [5.74, 6) is -0.822. The predicted molar refractivity (Wildman–Crippen MR) is 75.5 cm³/mol. The summed E-state index contributed by atoms with van der Waals surface area (Å²) in [6.07, 6.45) is 0. The first-order valence-electron chi connectivity index (χ1n) is 7.51. The van der Waals surface area contributed by atoms with E-state index in [-0.39, 0.29) is 35.9 Å². The molecular formula is C14H20N4O4. The third kappa shape index (κ3) is 2.24. The van der Waals surface area contributed by atoms with Crippen molar-refractivity contribution in [1.82, 2.24) is 19.9 Å². The van der Waals surface area contributed by atoms with Crippen molar-refractivity contribution in [1.29, 1.82) is 0 Å². The molecule has 2 saturated heterocycles. The molecule has 3 rings (SSSR count). The molecule has 2 heterocycles. The Bertz CT molecular complexity index is 538. The van der Waals surface area contributed by atoms with Crippen LogP contribution in [-0.4, -0.2) is 81.2 Å². The molecule has 0 unspecified atom stereocenters. The van der Waals surface area contributed by atoms with Gasteiger partial charge in [0.1, 0.15) is 22.8 Å². The van der Waals surface area contributed by atoms with Gasteiger partial charge < -0.3 is 9.80 Å². The minimum Gasteiger partial charge on any atom is -0.363 e. The monoisotopic (exact) mass is 308 g/mol. The van der Waals surface area contributed by atoms with Crippen LogP contribution < -0.4 is 0 Å². The molecule has 0 aromatic heterocycles. The number of hydrogen-bond acceptors (Lipinski definition) is 8. The normalized spacial score (nSPS) is 20.9. The quantitative estimate of drug-likeness (QED) is 0.390. The van der Waals surface area contributed by atoms with Gasteiger partial charge in [-0.2, -0.15) is 0 Å². The van der Waals surface area contributed by atoms with Gasteiger partial charge >= 0.3 is 0 Å². The molecule has 0 aromatic carbocycles. The summed E-state index contributed by atoms with van der Waals surface area (Å²) in [4.78, 5) is 29.2. The molecule has 0 spiro atoms. The van der Waals surface area contributed by atoms with Crippen LogP contribution in [0.2, 0.25) is 0 Å². The second-order valence-electron chi connectivity index (χ2n) is 5.46. The lowest BCUT2D eigenvalue weighted by atomic mass is 9.98. The summed E-state index contributed by atoms with van der Waals surface area (Å²) in [6.45, 7) is 6.46. The molecule has 2 aliphatic heterocycles. The Labute approximate surface area is 128 Å². The Morgan fingerprint density at radius 2 is 1.14 bits per heavy atom. The van der Waals surface area contributed by atoms with E-state index in [9.17, 15) is 20.0 Å². The SMILES string of the molecule is CCN(O)C1=C(N2CC2)C(=O)C(N(O)CC)=C(N2CC2)C1=O. The number of hydrogen-bond donors (Lipinski definition) is 2. The highest BCUT2D eigenvalue weighted by Crippen LogP contribution is 2.35. The van der Waals surface area contributed by atoms with Crippen LogP contribution >= 0.6 is 0 Å². The van der Waals surface area contributed by atoms with Crippen LogP contribution in [0.5, 0.6) is 0 Å². The van der Waals surface area contributed by atoms with Gasteiger partial charge in [0.15, 0.2) is 0 Å². The lowest BCUT2D eigenvalue weighted by molar-refractivity contribution is -0.131. The first kappa shape index (κ1) is 14.9. The Morgan fingerprint density at radius 1 is 0.818 bits per heavy atom. The van der Waals surface area contributed by atoms with Crippen molar-refractivity contribution < 1.29 is 20.0 Å². The van der Waals surface area contributed by atoms with E-state index < -0.39 is 11.6 Å². The van der Waals surface area contributed by atoms with Crippen LogP contribution in [-0.2, 0) is 9.59 Å². The lowest BCUT2D eigenvalue weighted by Gasteiger charge is -2.31. The number of ketones is 2. The molecule has 1 aliphatic carbocycles. The van der Waals surface area contributed by atoms with Crippen LogP contribution in [0.4, 0.5) is 0 Å². The van der Waals surface area contributed by atoms with Crippen molar-refractivity contribution in [3.63, 3.8) is 0 Å². The van der Waals surface area contributed by atoms with Crippen LogP contribution in [0, 0.1) is 0 Å². The van der Waals surface area contributed by atoms with Crippen LogP contribution in [0.25, 0.3) is 0 Å². The second-order valence-corrected chi connectivity index (χ2v) is 5.46. The summed E-state index contributed by atoms with van der Waals surface area (Å²) in [5, 5.41) is 21.8. The molecule has 0 radical (unpaired) electrons. The zero-order valence-electron chi connectivity index (χ0n) is 12.7. The minimum atomic E-state index is -0.411. The highest BCUT2D eigenvalue weighted by atomic mass is 16.5. The number of hydroxylamine groups is 4. The minimum absolute atomic E-state index is 0.0140. The van der Waals surface area contributed by atoms with E-state index in [2.05, 4.69) is 0 Å². The predicted octanol–water partition coefficient (Wildman–Crippen LogP) is -0.385. The number of nitrogens with zero attached hydrogens (tertiary/aromatic N) is 4.